The number of rotatable bonds is 6. The third-order valence-corrected chi connectivity index (χ3v) is 10.2. The van der Waals surface area contributed by atoms with E-state index in [9.17, 15) is 0 Å². The van der Waals surface area contributed by atoms with E-state index in [1.807, 2.05) is 53.9 Å². The van der Waals surface area contributed by atoms with Crippen molar-refractivity contribution in [2.24, 2.45) is 0 Å². The molecule has 3 heterocycles. The van der Waals surface area contributed by atoms with Gasteiger partial charge in [0.2, 0.25) is 0 Å². The molecule has 6 aromatic carbocycles. The summed E-state index contributed by atoms with van der Waals surface area (Å²) in [5.41, 5.74) is 11.7. The summed E-state index contributed by atoms with van der Waals surface area (Å²) >= 11 is 1.83. The van der Waals surface area contributed by atoms with Crippen LogP contribution >= 0.6 is 11.3 Å². The van der Waals surface area contributed by atoms with E-state index in [1.54, 1.807) is 0 Å². The molecule has 5 heteroatoms. The lowest BCUT2D eigenvalue weighted by molar-refractivity contribution is 0.878. The second-order valence-corrected chi connectivity index (χ2v) is 12.9. The Bertz CT molecular complexity index is 2580. The molecule has 0 aliphatic carbocycles. The van der Waals surface area contributed by atoms with Crippen molar-refractivity contribution in [2.45, 2.75) is 0 Å². The van der Waals surface area contributed by atoms with Crippen LogP contribution in [0.4, 0.5) is 0 Å². The lowest BCUT2D eigenvalue weighted by atomic mass is 9.83. The topological polar surface area (TPSA) is 51.6 Å². The van der Waals surface area contributed by atoms with Crippen molar-refractivity contribution < 1.29 is 0 Å². The average Bonchev–Trinajstić information content (AvgIpc) is 3.57. The molecular formula is C44H28N4S. The Hall–Kier alpha value is -6.30. The molecule has 9 aromatic rings. The summed E-state index contributed by atoms with van der Waals surface area (Å²) in [6.45, 7) is 0. The molecule has 0 spiro atoms. The van der Waals surface area contributed by atoms with Gasteiger partial charge in [-0.1, -0.05) is 140 Å². The molecule has 0 amide bonds. The number of thiophene rings is 1. The van der Waals surface area contributed by atoms with E-state index in [2.05, 4.69) is 138 Å². The number of fused-ring (bicyclic) bond motifs is 3. The van der Waals surface area contributed by atoms with E-state index in [0.717, 1.165) is 61.6 Å². The smallest absolute Gasteiger partial charge is 0.108 e. The standard InChI is InChI=1S/C44H28N4S/c1-4-15-29(16-5-1)32-22-14-23-35(39-33(30-17-6-2-7-18-30)26-27-38-41(39)34-21-10-11-25-37(34)49-38)40(32)44-42(36-24-12-13-28-45-36)43(46-48-47-44)31-19-8-3-9-20-31/h1-28H. The summed E-state index contributed by atoms with van der Waals surface area (Å²) < 4.78 is 2.50. The van der Waals surface area contributed by atoms with Crippen molar-refractivity contribution in [1.82, 2.24) is 20.4 Å². The first-order valence-corrected chi connectivity index (χ1v) is 17.1. The molecule has 0 atom stereocenters. The van der Waals surface area contributed by atoms with E-state index < -0.39 is 0 Å². The van der Waals surface area contributed by atoms with Crippen LogP contribution in [0, 0.1) is 0 Å². The third-order valence-electron chi connectivity index (χ3n) is 9.01. The molecule has 0 aliphatic heterocycles. The van der Waals surface area contributed by atoms with E-state index in [1.165, 1.54) is 25.7 Å². The highest BCUT2D eigenvalue weighted by molar-refractivity contribution is 7.26. The number of pyridine rings is 1. The maximum atomic E-state index is 4.92. The third kappa shape index (κ3) is 5.08. The van der Waals surface area contributed by atoms with Gasteiger partial charge in [-0.3, -0.25) is 4.98 Å². The fourth-order valence-corrected chi connectivity index (χ4v) is 7.99. The maximum Gasteiger partial charge on any atom is 0.108 e. The van der Waals surface area contributed by atoms with Gasteiger partial charge in [0, 0.05) is 37.5 Å². The monoisotopic (exact) mass is 644 g/mol. The fraction of sp³-hybridized carbons (Fsp3) is 0. The minimum absolute atomic E-state index is 0.734. The largest absolute Gasteiger partial charge is 0.256 e. The van der Waals surface area contributed by atoms with E-state index in [4.69, 9.17) is 10.1 Å². The van der Waals surface area contributed by atoms with Crippen LogP contribution in [0.2, 0.25) is 0 Å². The Labute approximate surface area is 288 Å². The molecular weight excluding hydrogens is 617 g/mol. The van der Waals surface area contributed by atoms with E-state index >= 15 is 0 Å². The molecule has 0 bridgehead atoms. The molecule has 0 aliphatic rings. The Kier molecular flexibility index (Phi) is 7.30. The number of hydrogen-bond acceptors (Lipinski definition) is 5. The van der Waals surface area contributed by atoms with Gasteiger partial charge in [-0.2, -0.15) is 0 Å². The van der Waals surface area contributed by atoms with Crippen molar-refractivity contribution in [2.75, 3.05) is 0 Å². The number of aromatic nitrogens is 4. The number of nitrogens with zero attached hydrogens (tertiary/aromatic N) is 4. The van der Waals surface area contributed by atoms with Crippen LogP contribution in [0.25, 0.3) is 87.3 Å². The summed E-state index contributed by atoms with van der Waals surface area (Å²) in [6, 6.07) is 57.2. The zero-order valence-electron chi connectivity index (χ0n) is 26.4. The normalized spacial score (nSPS) is 11.3. The molecule has 0 saturated carbocycles. The zero-order chi connectivity index (χ0) is 32.6. The summed E-state index contributed by atoms with van der Waals surface area (Å²) in [7, 11) is 0. The molecule has 230 valence electrons. The van der Waals surface area contributed by atoms with Crippen LogP contribution in [-0.2, 0) is 0 Å². The highest BCUT2D eigenvalue weighted by atomic mass is 32.1. The first-order valence-electron chi connectivity index (χ1n) is 16.2. The summed E-state index contributed by atoms with van der Waals surface area (Å²) in [4.78, 5) is 4.87. The predicted molar refractivity (Wildman–Crippen MR) is 203 cm³/mol. The van der Waals surface area contributed by atoms with E-state index in [0.29, 0.717) is 0 Å². The fourth-order valence-electron chi connectivity index (χ4n) is 6.88. The lowest BCUT2D eigenvalue weighted by Gasteiger charge is -2.21. The van der Waals surface area contributed by atoms with Gasteiger partial charge in [0.1, 0.15) is 11.4 Å². The highest BCUT2D eigenvalue weighted by Crippen LogP contribution is 2.50. The quantitative estimate of drug-likeness (QED) is 0.181. The minimum Gasteiger partial charge on any atom is -0.256 e. The average molecular weight is 645 g/mol. The molecule has 0 unspecified atom stereocenters. The van der Waals surface area contributed by atoms with Crippen molar-refractivity contribution in [1.29, 1.82) is 0 Å². The molecule has 49 heavy (non-hydrogen) atoms. The van der Waals surface area contributed by atoms with Gasteiger partial charge < -0.3 is 0 Å². The van der Waals surface area contributed by atoms with Crippen LogP contribution in [0.5, 0.6) is 0 Å². The minimum atomic E-state index is 0.734. The van der Waals surface area contributed by atoms with Crippen molar-refractivity contribution in [3.05, 3.63) is 170 Å². The first kappa shape index (κ1) is 28.9. The van der Waals surface area contributed by atoms with Gasteiger partial charge in [-0.05, 0) is 62.9 Å². The summed E-state index contributed by atoms with van der Waals surface area (Å²) in [5, 5.41) is 16.5. The van der Waals surface area contributed by atoms with Crippen LogP contribution in [0.3, 0.4) is 0 Å². The predicted octanol–water partition coefficient (Wildman–Crippen LogP) is 11.6. The second kappa shape index (κ2) is 12.4. The summed E-state index contributed by atoms with van der Waals surface area (Å²) in [6.07, 6.45) is 1.82. The van der Waals surface area contributed by atoms with Crippen LogP contribution in [-0.4, -0.2) is 20.4 Å². The molecule has 0 N–H and O–H groups in total. The number of benzene rings is 6. The molecule has 9 rings (SSSR count). The summed E-state index contributed by atoms with van der Waals surface area (Å²) in [5.74, 6) is 0. The molecule has 4 nitrogen and oxygen atoms in total. The Morgan fingerprint density at radius 3 is 1.71 bits per heavy atom. The Balaban J connectivity index is 1.47. The van der Waals surface area contributed by atoms with E-state index in [-0.39, 0.29) is 0 Å². The van der Waals surface area contributed by atoms with Gasteiger partial charge in [0.15, 0.2) is 0 Å². The Morgan fingerprint density at radius 1 is 0.388 bits per heavy atom. The van der Waals surface area contributed by atoms with Gasteiger partial charge >= 0.3 is 0 Å². The maximum absolute atomic E-state index is 4.92. The SMILES string of the molecule is c1ccc(-c2cccc(-c3c(-c4ccccc4)ccc4sc5ccccc5c34)c2-c2nnnc(-c3ccccc3)c2-c2ccccn2)cc1. The van der Waals surface area contributed by atoms with Crippen LogP contribution in [0.1, 0.15) is 0 Å². The van der Waals surface area contributed by atoms with Gasteiger partial charge in [0.25, 0.3) is 0 Å². The zero-order valence-corrected chi connectivity index (χ0v) is 27.2. The van der Waals surface area contributed by atoms with Crippen LogP contribution < -0.4 is 0 Å². The molecule has 0 saturated heterocycles. The van der Waals surface area contributed by atoms with Crippen LogP contribution in [0.15, 0.2) is 170 Å². The Morgan fingerprint density at radius 2 is 1.00 bits per heavy atom. The molecule has 3 aromatic heterocycles. The van der Waals surface area contributed by atoms with Crippen molar-refractivity contribution in [3.8, 4) is 67.2 Å². The van der Waals surface area contributed by atoms with Crippen molar-refractivity contribution >= 4 is 31.5 Å². The van der Waals surface area contributed by atoms with Gasteiger partial charge in [-0.25, -0.2) is 0 Å². The highest BCUT2D eigenvalue weighted by Gasteiger charge is 2.26. The van der Waals surface area contributed by atoms with Gasteiger partial charge in [-0.15, -0.1) is 21.5 Å². The molecule has 0 radical (unpaired) electrons. The lowest BCUT2D eigenvalue weighted by Crippen LogP contribution is -2.03. The number of hydrogen-bond donors (Lipinski definition) is 0. The van der Waals surface area contributed by atoms with Gasteiger partial charge in [0.05, 0.1) is 11.3 Å². The first-order chi connectivity index (χ1) is 24.3. The molecule has 0 fully saturated rings. The second-order valence-electron chi connectivity index (χ2n) is 11.9. The van der Waals surface area contributed by atoms with Crippen molar-refractivity contribution in [3.63, 3.8) is 0 Å².